The predicted octanol–water partition coefficient (Wildman–Crippen LogP) is 1.30. The molecule has 94 valence electrons. The van der Waals surface area contributed by atoms with Gasteiger partial charge in [0.2, 0.25) is 0 Å². The topological polar surface area (TPSA) is 89.6 Å². The van der Waals surface area contributed by atoms with Gasteiger partial charge >= 0.3 is 11.9 Å². The Morgan fingerprint density at radius 1 is 1.38 bits per heavy atom. The molecule has 0 fully saturated rings. The quantitative estimate of drug-likeness (QED) is 0.644. The molecule has 0 saturated heterocycles. The number of esters is 1. The van der Waals surface area contributed by atoms with Crippen molar-refractivity contribution >= 4 is 11.9 Å². The number of carbonyl (C=O) groups is 2. The normalized spacial score (nSPS) is 13.2. The number of nitrogens with two attached hydrogens (primary N) is 1. The smallest absolute Gasteiger partial charge is 0.320 e. The molecule has 0 unspecified atom stereocenters. The van der Waals surface area contributed by atoms with Crippen LogP contribution in [0.2, 0.25) is 0 Å². The lowest BCUT2D eigenvalue weighted by Gasteiger charge is -2.27. The molecule has 0 heterocycles. The summed E-state index contributed by atoms with van der Waals surface area (Å²) in [7, 11) is 0. The maximum Gasteiger partial charge on any atom is 0.320 e. The first-order valence-corrected chi connectivity index (χ1v) is 5.55. The van der Waals surface area contributed by atoms with Gasteiger partial charge in [0, 0.05) is 6.42 Å². The van der Waals surface area contributed by atoms with Gasteiger partial charge in [-0.25, -0.2) is 0 Å². The maximum atomic E-state index is 11.4. The predicted molar refractivity (Wildman–Crippen MR) is 59.9 cm³/mol. The SMILES string of the molecule is CCC(C)(CC)OC(=O)CC[C@H](N)C(=O)O. The monoisotopic (exact) mass is 231 g/mol. The van der Waals surface area contributed by atoms with Crippen LogP contribution in [0.3, 0.4) is 0 Å². The van der Waals surface area contributed by atoms with E-state index in [1.54, 1.807) is 0 Å². The minimum Gasteiger partial charge on any atom is -0.480 e. The molecule has 16 heavy (non-hydrogen) atoms. The first-order valence-electron chi connectivity index (χ1n) is 5.55. The maximum absolute atomic E-state index is 11.4. The van der Waals surface area contributed by atoms with Crippen LogP contribution in [0.4, 0.5) is 0 Å². The third-order valence-corrected chi connectivity index (χ3v) is 2.83. The van der Waals surface area contributed by atoms with E-state index in [4.69, 9.17) is 15.6 Å². The molecule has 0 spiro atoms. The van der Waals surface area contributed by atoms with Crippen LogP contribution < -0.4 is 5.73 Å². The highest BCUT2D eigenvalue weighted by atomic mass is 16.6. The van der Waals surface area contributed by atoms with E-state index in [1.165, 1.54) is 0 Å². The Hall–Kier alpha value is -1.10. The summed E-state index contributed by atoms with van der Waals surface area (Å²) in [6.07, 6.45) is 1.63. The fourth-order valence-corrected chi connectivity index (χ4v) is 1.12. The number of hydrogen-bond donors (Lipinski definition) is 2. The van der Waals surface area contributed by atoms with Crippen LogP contribution in [0.1, 0.15) is 46.5 Å². The summed E-state index contributed by atoms with van der Waals surface area (Å²) >= 11 is 0. The van der Waals surface area contributed by atoms with E-state index in [1.807, 2.05) is 20.8 Å². The molecule has 0 aliphatic rings. The van der Waals surface area contributed by atoms with E-state index in [0.717, 1.165) is 12.8 Å². The molecule has 5 heteroatoms. The van der Waals surface area contributed by atoms with Crippen molar-refractivity contribution in [3.05, 3.63) is 0 Å². The summed E-state index contributed by atoms with van der Waals surface area (Å²) < 4.78 is 5.28. The van der Waals surface area contributed by atoms with E-state index >= 15 is 0 Å². The molecule has 5 nitrogen and oxygen atoms in total. The molecule has 0 aromatic heterocycles. The van der Waals surface area contributed by atoms with Crippen LogP contribution in [0, 0.1) is 0 Å². The molecule has 0 aromatic carbocycles. The van der Waals surface area contributed by atoms with Gasteiger partial charge in [0.05, 0.1) is 0 Å². The summed E-state index contributed by atoms with van der Waals surface area (Å²) in [5.41, 5.74) is 4.83. The second-order valence-electron chi connectivity index (χ2n) is 4.11. The highest BCUT2D eigenvalue weighted by Gasteiger charge is 2.25. The molecule has 0 rings (SSSR count). The van der Waals surface area contributed by atoms with Crippen LogP contribution in [-0.2, 0) is 14.3 Å². The number of aliphatic carboxylic acids is 1. The average molecular weight is 231 g/mol. The molecule has 0 saturated carbocycles. The summed E-state index contributed by atoms with van der Waals surface area (Å²) in [5, 5.41) is 8.54. The first kappa shape index (κ1) is 14.9. The third-order valence-electron chi connectivity index (χ3n) is 2.83. The third kappa shape index (κ3) is 5.11. The largest absolute Gasteiger partial charge is 0.480 e. The van der Waals surface area contributed by atoms with Gasteiger partial charge in [-0.2, -0.15) is 0 Å². The van der Waals surface area contributed by atoms with E-state index in [-0.39, 0.29) is 18.8 Å². The molecular formula is C11H21NO4. The van der Waals surface area contributed by atoms with Gasteiger partial charge < -0.3 is 15.6 Å². The Balaban J connectivity index is 4.04. The van der Waals surface area contributed by atoms with Crippen molar-refractivity contribution in [2.75, 3.05) is 0 Å². The fourth-order valence-electron chi connectivity index (χ4n) is 1.12. The minimum absolute atomic E-state index is 0.0447. The van der Waals surface area contributed by atoms with Gasteiger partial charge in [0.1, 0.15) is 11.6 Å². The Morgan fingerprint density at radius 2 is 1.88 bits per heavy atom. The highest BCUT2D eigenvalue weighted by Crippen LogP contribution is 2.20. The summed E-state index contributed by atoms with van der Waals surface area (Å²) in [5.74, 6) is -1.48. The fraction of sp³-hybridized carbons (Fsp3) is 0.818. The minimum atomic E-state index is -1.10. The molecule has 1 atom stereocenters. The molecular weight excluding hydrogens is 210 g/mol. The lowest BCUT2D eigenvalue weighted by Crippen LogP contribution is -2.33. The number of hydrogen-bond acceptors (Lipinski definition) is 4. The zero-order valence-electron chi connectivity index (χ0n) is 10.2. The van der Waals surface area contributed by atoms with Crippen LogP contribution in [0.15, 0.2) is 0 Å². The van der Waals surface area contributed by atoms with Gasteiger partial charge in [-0.05, 0) is 26.2 Å². The molecule has 0 aliphatic carbocycles. The van der Waals surface area contributed by atoms with Crippen molar-refractivity contribution in [3.63, 3.8) is 0 Å². The summed E-state index contributed by atoms with van der Waals surface area (Å²) in [4.78, 5) is 21.9. The van der Waals surface area contributed by atoms with Gasteiger partial charge in [0.25, 0.3) is 0 Å². The van der Waals surface area contributed by atoms with Crippen LogP contribution in [0.25, 0.3) is 0 Å². The zero-order valence-corrected chi connectivity index (χ0v) is 10.2. The van der Waals surface area contributed by atoms with Gasteiger partial charge in [0.15, 0.2) is 0 Å². The number of rotatable bonds is 7. The molecule has 3 N–H and O–H groups in total. The molecule has 0 amide bonds. The second kappa shape index (κ2) is 6.48. The standard InChI is InChI=1S/C11H21NO4/c1-4-11(3,5-2)16-9(13)7-6-8(12)10(14)15/h8H,4-7,12H2,1-3H3,(H,14,15)/t8-/m0/s1. The van der Waals surface area contributed by atoms with E-state index in [9.17, 15) is 9.59 Å². The molecule has 0 bridgehead atoms. The van der Waals surface area contributed by atoms with Gasteiger partial charge in [-0.1, -0.05) is 13.8 Å². The highest BCUT2D eigenvalue weighted by molar-refractivity contribution is 5.75. The number of carboxylic acid groups (broad SMARTS) is 1. The van der Waals surface area contributed by atoms with E-state index in [0.29, 0.717) is 0 Å². The van der Waals surface area contributed by atoms with Crippen LogP contribution >= 0.6 is 0 Å². The van der Waals surface area contributed by atoms with Crippen LogP contribution in [-0.4, -0.2) is 28.7 Å². The average Bonchev–Trinajstić information content (AvgIpc) is 2.25. The lowest BCUT2D eigenvalue weighted by molar-refractivity contribution is -0.159. The Labute approximate surface area is 96.0 Å². The van der Waals surface area contributed by atoms with E-state index < -0.39 is 17.6 Å². The van der Waals surface area contributed by atoms with Crippen molar-refractivity contribution in [3.8, 4) is 0 Å². The van der Waals surface area contributed by atoms with Crippen molar-refractivity contribution < 1.29 is 19.4 Å². The lowest BCUT2D eigenvalue weighted by atomic mass is 10.00. The van der Waals surface area contributed by atoms with Crippen molar-refractivity contribution in [1.29, 1.82) is 0 Å². The molecule has 0 aliphatic heterocycles. The Morgan fingerprint density at radius 3 is 2.25 bits per heavy atom. The zero-order chi connectivity index (χ0) is 12.8. The van der Waals surface area contributed by atoms with Crippen molar-refractivity contribution in [2.45, 2.75) is 58.1 Å². The first-order chi connectivity index (χ1) is 7.34. The number of carboxylic acids is 1. The van der Waals surface area contributed by atoms with Gasteiger partial charge in [-0.3, -0.25) is 9.59 Å². The Bertz CT molecular complexity index is 248. The van der Waals surface area contributed by atoms with E-state index in [2.05, 4.69) is 0 Å². The van der Waals surface area contributed by atoms with Crippen LogP contribution in [0.5, 0.6) is 0 Å². The Kier molecular flexibility index (Phi) is 6.03. The molecule has 0 radical (unpaired) electrons. The number of carbonyl (C=O) groups excluding carboxylic acids is 1. The molecule has 0 aromatic rings. The van der Waals surface area contributed by atoms with Crippen molar-refractivity contribution in [1.82, 2.24) is 0 Å². The van der Waals surface area contributed by atoms with Gasteiger partial charge in [-0.15, -0.1) is 0 Å². The number of ether oxygens (including phenoxy) is 1. The summed E-state index contributed by atoms with van der Waals surface area (Å²) in [6.45, 7) is 5.75. The van der Waals surface area contributed by atoms with Crippen molar-refractivity contribution in [2.24, 2.45) is 5.73 Å². The summed E-state index contributed by atoms with van der Waals surface area (Å²) in [6, 6.07) is -0.998. The second-order valence-corrected chi connectivity index (χ2v) is 4.11.